The minimum atomic E-state index is 0.476. The summed E-state index contributed by atoms with van der Waals surface area (Å²) < 4.78 is 2.40. The van der Waals surface area contributed by atoms with Gasteiger partial charge in [0.1, 0.15) is 0 Å². The van der Waals surface area contributed by atoms with Gasteiger partial charge in [-0.25, -0.2) is 0 Å². The normalized spacial score (nSPS) is 24.6. The first-order chi connectivity index (χ1) is 9.61. The molecule has 1 N–H and O–H groups in total. The van der Waals surface area contributed by atoms with Crippen molar-refractivity contribution in [2.45, 2.75) is 52.0 Å². The molecule has 3 heteroatoms. The highest BCUT2D eigenvalue weighted by Gasteiger charge is 2.28. The molecule has 1 aromatic carbocycles. The summed E-state index contributed by atoms with van der Waals surface area (Å²) in [6.07, 6.45) is 6.66. The van der Waals surface area contributed by atoms with Crippen LogP contribution in [0.25, 0.3) is 0 Å². The Labute approximate surface area is 140 Å². The molecular formula is C17H25Br2N. The summed E-state index contributed by atoms with van der Waals surface area (Å²) in [6.45, 7) is 5.73. The Morgan fingerprint density at radius 1 is 1.30 bits per heavy atom. The molecule has 0 saturated heterocycles. The molecule has 3 atom stereocenters. The molecule has 1 fully saturated rings. The summed E-state index contributed by atoms with van der Waals surface area (Å²) in [5.74, 6) is 1.63. The average molecular weight is 403 g/mol. The first-order valence-corrected chi connectivity index (χ1v) is 9.38. The number of hydrogen-bond donors (Lipinski definition) is 1. The van der Waals surface area contributed by atoms with Gasteiger partial charge in [-0.2, -0.15) is 0 Å². The third kappa shape index (κ3) is 4.32. The summed E-state index contributed by atoms with van der Waals surface area (Å²) in [7, 11) is 0. The molecule has 20 heavy (non-hydrogen) atoms. The van der Waals surface area contributed by atoms with Gasteiger partial charge in [0.15, 0.2) is 0 Å². The van der Waals surface area contributed by atoms with Crippen molar-refractivity contribution < 1.29 is 0 Å². The van der Waals surface area contributed by atoms with E-state index in [-0.39, 0.29) is 0 Å². The maximum atomic E-state index is 3.79. The Morgan fingerprint density at radius 3 is 2.80 bits per heavy atom. The molecule has 1 nitrogen and oxygen atoms in total. The van der Waals surface area contributed by atoms with Crippen molar-refractivity contribution in [2.24, 2.45) is 11.8 Å². The van der Waals surface area contributed by atoms with E-state index in [0.29, 0.717) is 6.04 Å². The van der Waals surface area contributed by atoms with E-state index in [1.54, 1.807) is 0 Å². The van der Waals surface area contributed by atoms with Crippen LogP contribution in [0.5, 0.6) is 0 Å². The van der Waals surface area contributed by atoms with Crippen LogP contribution >= 0.6 is 31.9 Å². The number of halogens is 2. The maximum Gasteiger partial charge on any atom is 0.0360 e. The van der Waals surface area contributed by atoms with Crippen LogP contribution < -0.4 is 5.32 Å². The van der Waals surface area contributed by atoms with Crippen LogP contribution in [0.15, 0.2) is 27.1 Å². The molecule has 1 saturated carbocycles. The smallest absolute Gasteiger partial charge is 0.0360 e. The van der Waals surface area contributed by atoms with Gasteiger partial charge >= 0.3 is 0 Å². The molecule has 0 bridgehead atoms. The monoisotopic (exact) mass is 401 g/mol. The topological polar surface area (TPSA) is 12.0 Å². The molecule has 0 amide bonds. The molecule has 112 valence electrons. The average Bonchev–Trinajstić information content (AvgIpc) is 2.43. The van der Waals surface area contributed by atoms with Crippen LogP contribution in [0.4, 0.5) is 0 Å². The highest BCUT2D eigenvalue weighted by Crippen LogP contribution is 2.40. The van der Waals surface area contributed by atoms with Crippen LogP contribution in [0.2, 0.25) is 0 Å². The van der Waals surface area contributed by atoms with Crippen LogP contribution in [-0.2, 0) is 0 Å². The minimum absolute atomic E-state index is 0.476. The number of rotatable bonds is 5. The lowest BCUT2D eigenvalue weighted by molar-refractivity contribution is 0.223. The zero-order valence-electron chi connectivity index (χ0n) is 12.5. The first kappa shape index (κ1) is 16.5. The van der Waals surface area contributed by atoms with E-state index in [2.05, 4.69) is 69.2 Å². The van der Waals surface area contributed by atoms with E-state index in [0.717, 1.165) is 18.4 Å². The molecule has 1 aromatic rings. The lowest BCUT2D eigenvalue weighted by atomic mass is 9.76. The second kappa shape index (κ2) is 7.95. The molecule has 0 aromatic heterocycles. The van der Waals surface area contributed by atoms with Crippen molar-refractivity contribution in [2.75, 3.05) is 6.54 Å². The number of hydrogen-bond acceptors (Lipinski definition) is 1. The third-order valence-electron chi connectivity index (χ3n) is 4.36. The largest absolute Gasteiger partial charge is 0.310 e. The van der Waals surface area contributed by atoms with Gasteiger partial charge in [0, 0.05) is 15.0 Å². The number of benzene rings is 1. The van der Waals surface area contributed by atoms with Crippen molar-refractivity contribution >= 4 is 31.9 Å². The molecule has 3 unspecified atom stereocenters. The zero-order chi connectivity index (χ0) is 14.5. The van der Waals surface area contributed by atoms with E-state index in [9.17, 15) is 0 Å². The lowest BCUT2D eigenvalue weighted by Gasteiger charge is -2.35. The fourth-order valence-electron chi connectivity index (χ4n) is 3.37. The van der Waals surface area contributed by atoms with Gasteiger partial charge in [0.2, 0.25) is 0 Å². The zero-order valence-corrected chi connectivity index (χ0v) is 15.6. The van der Waals surface area contributed by atoms with Gasteiger partial charge in [-0.05, 0) is 61.4 Å². The number of nitrogens with one attached hydrogen (secondary N) is 1. The SMILES string of the molecule is CCCNC(c1cc(Br)ccc1Br)C1CCCC(C)C1. The van der Waals surface area contributed by atoms with Gasteiger partial charge < -0.3 is 5.32 Å². The van der Waals surface area contributed by atoms with Crippen molar-refractivity contribution in [1.29, 1.82) is 0 Å². The molecule has 0 radical (unpaired) electrons. The molecule has 1 aliphatic rings. The van der Waals surface area contributed by atoms with Crippen LogP contribution in [0, 0.1) is 11.8 Å². The molecule has 1 aliphatic carbocycles. The summed E-state index contributed by atoms with van der Waals surface area (Å²) in [4.78, 5) is 0. The van der Waals surface area contributed by atoms with Crippen LogP contribution in [0.1, 0.15) is 57.6 Å². The quantitative estimate of drug-likeness (QED) is 0.629. The summed E-state index contributed by atoms with van der Waals surface area (Å²) in [5.41, 5.74) is 1.41. The van der Waals surface area contributed by atoms with Gasteiger partial charge in [-0.3, -0.25) is 0 Å². The predicted octanol–water partition coefficient (Wildman–Crippen LogP) is 6.08. The van der Waals surface area contributed by atoms with Crippen molar-refractivity contribution in [3.8, 4) is 0 Å². The van der Waals surface area contributed by atoms with Crippen LogP contribution in [0.3, 0.4) is 0 Å². The van der Waals surface area contributed by atoms with Crippen LogP contribution in [-0.4, -0.2) is 6.54 Å². The van der Waals surface area contributed by atoms with E-state index >= 15 is 0 Å². The molecule has 2 rings (SSSR count). The van der Waals surface area contributed by atoms with Crippen molar-refractivity contribution in [3.05, 3.63) is 32.7 Å². The van der Waals surface area contributed by atoms with Crippen molar-refractivity contribution in [1.82, 2.24) is 5.32 Å². The Balaban J connectivity index is 2.23. The van der Waals surface area contributed by atoms with E-state index < -0.39 is 0 Å². The standard InChI is InChI=1S/C17H25Br2N/c1-3-9-20-17(13-6-4-5-12(2)10-13)15-11-14(18)7-8-16(15)19/h7-8,11-13,17,20H,3-6,9-10H2,1-2H3. The fourth-order valence-corrected chi connectivity index (χ4v) is 4.24. The van der Waals surface area contributed by atoms with Gasteiger partial charge in [0.05, 0.1) is 0 Å². The lowest BCUT2D eigenvalue weighted by Crippen LogP contribution is -2.32. The van der Waals surface area contributed by atoms with Crippen molar-refractivity contribution in [3.63, 3.8) is 0 Å². The molecular weight excluding hydrogens is 378 g/mol. The highest BCUT2D eigenvalue weighted by molar-refractivity contribution is 9.11. The van der Waals surface area contributed by atoms with E-state index in [4.69, 9.17) is 0 Å². The first-order valence-electron chi connectivity index (χ1n) is 7.80. The third-order valence-corrected chi connectivity index (χ3v) is 5.57. The molecule has 0 spiro atoms. The van der Waals surface area contributed by atoms with E-state index in [1.807, 2.05) is 0 Å². The molecule has 0 aliphatic heterocycles. The summed E-state index contributed by atoms with van der Waals surface area (Å²) >= 11 is 7.36. The Bertz CT molecular complexity index is 433. The fraction of sp³-hybridized carbons (Fsp3) is 0.647. The Kier molecular flexibility index (Phi) is 6.57. The minimum Gasteiger partial charge on any atom is -0.310 e. The van der Waals surface area contributed by atoms with E-state index in [1.165, 1.54) is 46.6 Å². The second-order valence-corrected chi connectivity index (χ2v) is 7.90. The Morgan fingerprint density at radius 2 is 2.10 bits per heavy atom. The van der Waals surface area contributed by atoms with Gasteiger partial charge in [0.25, 0.3) is 0 Å². The van der Waals surface area contributed by atoms with Gasteiger partial charge in [-0.1, -0.05) is 58.5 Å². The highest BCUT2D eigenvalue weighted by atomic mass is 79.9. The maximum absolute atomic E-state index is 3.79. The second-order valence-electron chi connectivity index (χ2n) is 6.13. The van der Waals surface area contributed by atoms with Gasteiger partial charge in [-0.15, -0.1) is 0 Å². The molecule has 0 heterocycles. The summed E-state index contributed by atoms with van der Waals surface area (Å²) in [5, 5.41) is 3.79. The Hall–Kier alpha value is 0.140. The predicted molar refractivity (Wildman–Crippen MR) is 94.0 cm³/mol. The summed E-state index contributed by atoms with van der Waals surface area (Å²) in [6, 6.07) is 7.02.